The summed E-state index contributed by atoms with van der Waals surface area (Å²) in [4.78, 5) is 0. The maximum Gasteiger partial charge on any atom is 1.00 e. The van der Waals surface area contributed by atoms with Crippen LogP contribution in [0.5, 0.6) is 0 Å². The van der Waals surface area contributed by atoms with E-state index < -0.39 is 10.4 Å². The Morgan fingerprint density at radius 1 is 0.900 bits per heavy atom. The molecule has 4 N–H and O–H groups in total. The molecule has 8 nitrogen and oxygen atoms in total. The Morgan fingerprint density at radius 2 is 0.900 bits per heavy atom. The molecule has 0 aromatic rings. The van der Waals surface area contributed by atoms with Gasteiger partial charge in [0.15, 0.2) is 0 Å². The van der Waals surface area contributed by atoms with Gasteiger partial charge >= 0.3 is 1.43 Å². The van der Waals surface area contributed by atoms with Gasteiger partial charge in [-0.15, -0.1) is 0 Å². The fraction of sp³-hybridized carbons (Fsp3) is 0. The van der Waals surface area contributed by atoms with Gasteiger partial charge in [-0.05, 0) is 0 Å². The van der Waals surface area contributed by atoms with E-state index in [1.807, 2.05) is 0 Å². The van der Waals surface area contributed by atoms with Crippen LogP contribution in [0.2, 0.25) is 0 Å². The molecule has 0 bridgehead atoms. The van der Waals surface area contributed by atoms with Crippen molar-refractivity contribution in [1.29, 1.82) is 0 Å². The molecule has 0 heterocycles. The SMILES string of the molecule is O=S(=O)([O-])[O-].[H+].[OH-].[OH-].[OH-].[OH-].[Ti]. The first-order valence-electron chi connectivity index (χ1n) is 0.667. The smallest absolute Gasteiger partial charge is 0.870 e. The zero-order valence-electron chi connectivity index (χ0n) is 5.33. The number of hydrogen-bond acceptors (Lipinski definition) is 8. The van der Waals surface area contributed by atoms with Gasteiger partial charge in [-0.3, -0.25) is 8.42 Å². The summed E-state index contributed by atoms with van der Waals surface area (Å²) in [6.45, 7) is 0. The van der Waals surface area contributed by atoms with Gasteiger partial charge < -0.3 is 31.0 Å². The van der Waals surface area contributed by atoms with Gasteiger partial charge in [-0.2, -0.15) is 0 Å². The second-order valence-electron chi connectivity index (χ2n) is 0.408. The standard InChI is InChI=1S/H2O4S.4H2O.Ti/c1-5(2,3)4;;;;;/h(H2,1,2,3,4);4*1H2;/p-5. The van der Waals surface area contributed by atoms with Crippen molar-refractivity contribution < 1.29 is 62.6 Å². The summed E-state index contributed by atoms with van der Waals surface area (Å²) in [6.07, 6.45) is 0. The maximum absolute atomic E-state index is 8.52. The normalized spacial score (nSPS) is 5.80. The number of hydrogen-bond donors (Lipinski definition) is 0. The zero-order valence-corrected chi connectivity index (χ0v) is 6.71. The molecule has 0 aliphatic carbocycles. The van der Waals surface area contributed by atoms with Crippen LogP contribution >= 0.6 is 0 Å². The van der Waals surface area contributed by atoms with Gasteiger partial charge in [0.1, 0.15) is 0 Å². The quantitative estimate of drug-likeness (QED) is 0.251. The first-order chi connectivity index (χ1) is 2.00. The van der Waals surface area contributed by atoms with E-state index >= 15 is 0 Å². The van der Waals surface area contributed by atoms with Crippen molar-refractivity contribution in [3.05, 3.63) is 0 Å². The molecule has 0 unspecified atom stereocenters. The van der Waals surface area contributed by atoms with Crippen LogP contribution in [0.4, 0.5) is 0 Å². The van der Waals surface area contributed by atoms with Crippen LogP contribution in [0.1, 0.15) is 1.43 Å². The second-order valence-corrected chi connectivity index (χ2v) is 1.22. The van der Waals surface area contributed by atoms with Gasteiger partial charge in [-0.1, -0.05) is 0 Å². The molecule has 0 saturated carbocycles. The molecule has 0 saturated heterocycles. The largest absolute Gasteiger partial charge is 1.00 e. The topological polar surface area (TPSA) is 200 Å². The Labute approximate surface area is 73.4 Å². The van der Waals surface area contributed by atoms with Crippen LogP contribution < -0.4 is 0 Å². The monoisotopic (exact) mass is 213 g/mol. The molecule has 0 rings (SSSR count). The molecule has 0 atom stereocenters. The van der Waals surface area contributed by atoms with Crippen molar-refractivity contribution in [2.75, 3.05) is 0 Å². The third kappa shape index (κ3) is 2580. The van der Waals surface area contributed by atoms with Crippen molar-refractivity contribution in [3.63, 3.8) is 0 Å². The summed E-state index contributed by atoms with van der Waals surface area (Å²) in [5.74, 6) is 0. The fourth-order valence-corrected chi connectivity index (χ4v) is 0. The summed E-state index contributed by atoms with van der Waals surface area (Å²) in [7, 11) is -5.17. The summed E-state index contributed by atoms with van der Waals surface area (Å²) in [5.41, 5.74) is 0. The van der Waals surface area contributed by atoms with Crippen molar-refractivity contribution >= 4 is 10.4 Å². The van der Waals surface area contributed by atoms with Crippen LogP contribution in [-0.2, 0) is 32.1 Å². The molecular formula is H5O8STi-5. The fourth-order valence-electron chi connectivity index (χ4n) is 0. The van der Waals surface area contributed by atoms with Crippen LogP contribution in [-0.4, -0.2) is 39.4 Å². The molecule has 0 aromatic carbocycles. The summed E-state index contributed by atoms with van der Waals surface area (Å²) < 4.78 is 34.1. The van der Waals surface area contributed by atoms with Gasteiger partial charge in [0.2, 0.25) is 0 Å². The van der Waals surface area contributed by atoms with E-state index in [9.17, 15) is 0 Å². The molecule has 0 aliphatic rings. The van der Waals surface area contributed by atoms with E-state index in [0.29, 0.717) is 0 Å². The first kappa shape index (κ1) is 47.3. The predicted molar refractivity (Wildman–Crippen MR) is 19.3 cm³/mol. The van der Waals surface area contributed by atoms with Crippen LogP contribution in [0.3, 0.4) is 0 Å². The van der Waals surface area contributed by atoms with Gasteiger partial charge in [-0.25, -0.2) is 0 Å². The minimum absolute atomic E-state index is 0. The molecular weight excluding hydrogens is 208 g/mol. The predicted octanol–water partition coefficient (Wildman–Crippen LogP) is -1.94. The Balaban J connectivity index is -0.00000000533. The molecule has 0 aromatic heterocycles. The van der Waals surface area contributed by atoms with E-state index in [1.54, 1.807) is 0 Å². The average molecular weight is 213 g/mol. The minimum Gasteiger partial charge on any atom is -0.870 e. The van der Waals surface area contributed by atoms with Crippen LogP contribution in [0.25, 0.3) is 0 Å². The average Bonchev–Trinajstić information content (AvgIpc) is 0.722. The molecule has 0 spiro atoms. The Morgan fingerprint density at radius 3 is 0.900 bits per heavy atom. The van der Waals surface area contributed by atoms with Crippen molar-refractivity contribution in [2.24, 2.45) is 0 Å². The van der Waals surface area contributed by atoms with E-state index in [2.05, 4.69) is 0 Å². The maximum atomic E-state index is 8.52. The summed E-state index contributed by atoms with van der Waals surface area (Å²) in [5, 5.41) is 0. The van der Waals surface area contributed by atoms with Gasteiger partial charge in [0.25, 0.3) is 0 Å². The second kappa shape index (κ2) is 16.2. The van der Waals surface area contributed by atoms with Crippen molar-refractivity contribution in [2.45, 2.75) is 0 Å². The summed E-state index contributed by atoms with van der Waals surface area (Å²) >= 11 is 0. The van der Waals surface area contributed by atoms with Crippen LogP contribution in [0, 0.1) is 0 Å². The van der Waals surface area contributed by atoms with E-state index in [-0.39, 0.29) is 45.0 Å². The first-order valence-corrected chi connectivity index (χ1v) is 2.00. The zero-order chi connectivity index (χ0) is 4.50. The third-order valence-electron chi connectivity index (χ3n) is 0. The Kier molecular flexibility index (Phi) is 76.7. The molecule has 10 heteroatoms. The van der Waals surface area contributed by atoms with Gasteiger partial charge in [0.05, 0.1) is 0 Å². The van der Waals surface area contributed by atoms with Crippen molar-refractivity contribution in [3.8, 4) is 0 Å². The third-order valence-corrected chi connectivity index (χ3v) is 0. The molecule has 0 radical (unpaired) electrons. The van der Waals surface area contributed by atoms with E-state index in [4.69, 9.17) is 17.5 Å². The molecule has 10 heavy (non-hydrogen) atoms. The minimum atomic E-state index is -5.17. The molecule has 0 amide bonds. The van der Waals surface area contributed by atoms with Crippen molar-refractivity contribution in [1.82, 2.24) is 0 Å². The molecule has 0 aliphatic heterocycles. The summed E-state index contributed by atoms with van der Waals surface area (Å²) in [6, 6.07) is 0. The van der Waals surface area contributed by atoms with E-state index in [1.165, 1.54) is 0 Å². The molecule has 0 fully saturated rings. The van der Waals surface area contributed by atoms with E-state index in [0.717, 1.165) is 0 Å². The molecule has 68 valence electrons. The Hall–Kier alpha value is 0.424. The van der Waals surface area contributed by atoms with Crippen LogP contribution in [0.15, 0.2) is 0 Å². The van der Waals surface area contributed by atoms with Gasteiger partial charge in [0, 0.05) is 32.1 Å². The number of rotatable bonds is 0. The Bertz CT molecular complexity index is 97.3.